The van der Waals surface area contributed by atoms with E-state index in [0.29, 0.717) is 6.04 Å². The molecule has 1 aromatic carbocycles. The predicted octanol–water partition coefficient (Wildman–Crippen LogP) is 2.80. The molecule has 1 heterocycles. The monoisotopic (exact) mass is 263 g/mol. The number of nitrogens with zero attached hydrogens (tertiary/aromatic N) is 2. The number of rotatable bonds is 4. The average Bonchev–Trinajstić information content (AvgIpc) is 2.39. The van der Waals surface area contributed by atoms with Gasteiger partial charge in [0.25, 0.3) is 5.69 Å². The summed E-state index contributed by atoms with van der Waals surface area (Å²) in [4.78, 5) is 12.7. The van der Waals surface area contributed by atoms with Crippen LogP contribution in [-0.4, -0.2) is 36.0 Å². The zero-order valence-electron chi connectivity index (χ0n) is 11.6. The molecular weight excluding hydrogens is 242 g/mol. The van der Waals surface area contributed by atoms with Crippen molar-refractivity contribution in [3.8, 4) is 0 Å². The van der Waals surface area contributed by atoms with Crippen LogP contribution in [-0.2, 0) is 0 Å². The Balaban J connectivity index is 1.97. The number of likely N-dealkylation sites (N-methyl/N-ethyl adjacent to an activating group) is 1. The van der Waals surface area contributed by atoms with E-state index in [0.717, 1.165) is 24.3 Å². The SMILES string of the molecule is Cc1cc([N+](=O)[O-])ccc1NCC1CCCCN1C. The topological polar surface area (TPSA) is 58.4 Å². The van der Waals surface area contributed by atoms with Crippen molar-refractivity contribution in [3.63, 3.8) is 0 Å². The number of nitro benzene ring substituents is 1. The van der Waals surface area contributed by atoms with Crippen LogP contribution < -0.4 is 5.32 Å². The number of anilines is 1. The molecule has 1 unspecified atom stereocenters. The molecule has 104 valence electrons. The van der Waals surface area contributed by atoms with Gasteiger partial charge >= 0.3 is 0 Å². The van der Waals surface area contributed by atoms with Gasteiger partial charge in [-0.2, -0.15) is 0 Å². The highest BCUT2D eigenvalue weighted by molar-refractivity contribution is 5.55. The smallest absolute Gasteiger partial charge is 0.269 e. The molecule has 0 spiro atoms. The molecular formula is C14H21N3O2. The Morgan fingerprint density at radius 1 is 1.47 bits per heavy atom. The number of non-ortho nitro benzene ring substituents is 1. The molecule has 0 radical (unpaired) electrons. The molecule has 0 amide bonds. The summed E-state index contributed by atoms with van der Waals surface area (Å²) in [7, 11) is 2.16. The second-order valence-electron chi connectivity index (χ2n) is 5.27. The Morgan fingerprint density at radius 2 is 2.26 bits per heavy atom. The largest absolute Gasteiger partial charge is 0.383 e. The van der Waals surface area contributed by atoms with Crippen LogP contribution in [0.25, 0.3) is 0 Å². The number of benzene rings is 1. The normalized spacial score (nSPS) is 20.2. The van der Waals surface area contributed by atoms with Crippen molar-refractivity contribution in [2.75, 3.05) is 25.5 Å². The van der Waals surface area contributed by atoms with Gasteiger partial charge in [-0.25, -0.2) is 0 Å². The Bertz CT molecular complexity index is 462. The first kappa shape index (κ1) is 13.8. The van der Waals surface area contributed by atoms with Crippen molar-refractivity contribution in [1.29, 1.82) is 0 Å². The van der Waals surface area contributed by atoms with E-state index >= 15 is 0 Å². The second-order valence-corrected chi connectivity index (χ2v) is 5.27. The van der Waals surface area contributed by atoms with Gasteiger partial charge in [0, 0.05) is 30.4 Å². The molecule has 19 heavy (non-hydrogen) atoms. The van der Waals surface area contributed by atoms with Crippen molar-refractivity contribution in [3.05, 3.63) is 33.9 Å². The molecule has 1 N–H and O–H groups in total. The maximum atomic E-state index is 10.7. The number of aryl methyl sites for hydroxylation is 1. The van der Waals surface area contributed by atoms with Gasteiger partial charge < -0.3 is 10.2 Å². The molecule has 5 heteroatoms. The van der Waals surface area contributed by atoms with Gasteiger partial charge in [0.05, 0.1) is 4.92 Å². The summed E-state index contributed by atoms with van der Waals surface area (Å²) in [5, 5.41) is 14.1. The Morgan fingerprint density at radius 3 is 2.89 bits per heavy atom. The van der Waals surface area contributed by atoms with Crippen LogP contribution in [0.4, 0.5) is 11.4 Å². The van der Waals surface area contributed by atoms with Crippen molar-refractivity contribution >= 4 is 11.4 Å². The standard InChI is InChI=1S/C14H21N3O2/c1-11-9-12(17(18)19)6-7-14(11)15-10-13-5-3-4-8-16(13)2/h6-7,9,13,15H,3-5,8,10H2,1-2H3. The number of hydrogen-bond acceptors (Lipinski definition) is 4. The van der Waals surface area contributed by atoms with Crippen LogP contribution in [0, 0.1) is 17.0 Å². The minimum atomic E-state index is -0.355. The highest BCUT2D eigenvalue weighted by Crippen LogP contribution is 2.22. The van der Waals surface area contributed by atoms with Crippen molar-refractivity contribution < 1.29 is 4.92 Å². The molecule has 5 nitrogen and oxygen atoms in total. The van der Waals surface area contributed by atoms with Crippen LogP contribution in [0.5, 0.6) is 0 Å². The minimum absolute atomic E-state index is 0.151. The molecule has 0 aliphatic carbocycles. The van der Waals surface area contributed by atoms with Gasteiger partial charge in [-0.3, -0.25) is 10.1 Å². The summed E-state index contributed by atoms with van der Waals surface area (Å²) < 4.78 is 0. The van der Waals surface area contributed by atoms with Crippen molar-refractivity contribution in [2.45, 2.75) is 32.2 Å². The third-order valence-corrected chi connectivity index (χ3v) is 3.87. The lowest BCUT2D eigenvalue weighted by molar-refractivity contribution is -0.384. The lowest BCUT2D eigenvalue weighted by Crippen LogP contribution is -2.40. The van der Waals surface area contributed by atoms with Crippen LogP contribution in [0.15, 0.2) is 18.2 Å². The number of hydrogen-bond donors (Lipinski definition) is 1. The first-order valence-electron chi connectivity index (χ1n) is 6.77. The highest BCUT2D eigenvalue weighted by Gasteiger charge is 2.18. The predicted molar refractivity (Wildman–Crippen MR) is 76.6 cm³/mol. The molecule has 1 atom stereocenters. The number of nitro groups is 1. The zero-order chi connectivity index (χ0) is 13.8. The first-order chi connectivity index (χ1) is 9.08. The van der Waals surface area contributed by atoms with E-state index in [2.05, 4.69) is 17.3 Å². The van der Waals surface area contributed by atoms with Gasteiger partial charge in [-0.05, 0) is 45.0 Å². The van der Waals surface area contributed by atoms with Gasteiger partial charge in [-0.1, -0.05) is 6.42 Å². The van der Waals surface area contributed by atoms with Gasteiger partial charge in [0.2, 0.25) is 0 Å². The average molecular weight is 263 g/mol. The minimum Gasteiger partial charge on any atom is -0.383 e. The molecule has 1 fully saturated rings. The maximum Gasteiger partial charge on any atom is 0.269 e. The first-order valence-corrected chi connectivity index (χ1v) is 6.77. The molecule has 1 aliphatic heterocycles. The van der Waals surface area contributed by atoms with E-state index < -0.39 is 0 Å². The molecule has 2 rings (SSSR count). The number of nitrogens with one attached hydrogen (secondary N) is 1. The fraction of sp³-hybridized carbons (Fsp3) is 0.571. The van der Waals surface area contributed by atoms with Crippen LogP contribution in [0.2, 0.25) is 0 Å². The van der Waals surface area contributed by atoms with Gasteiger partial charge in [0.1, 0.15) is 0 Å². The lowest BCUT2D eigenvalue weighted by atomic mass is 10.0. The van der Waals surface area contributed by atoms with Crippen molar-refractivity contribution in [1.82, 2.24) is 4.90 Å². The zero-order valence-corrected chi connectivity index (χ0v) is 11.6. The fourth-order valence-corrected chi connectivity index (χ4v) is 2.59. The lowest BCUT2D eigenvalue weighted by Gasteiger charge is -2.32. The molecule has 0 bridgehead atoms. The van der Waals surface area contributed by atoms with E-state index in [1.54, 1.807) is 18.2 Å². The Kier molecular flexibility index (Phi) is 4.37. The van der Waals surface area contributed by atoms with Gasteiger partial charge in [-0.15, -0.1) is 0 Å². The van der Waals surface area contributed by atoms with E-state index in [1.165, 1.54) is 19.3 Å². The summed E-state index contributed by atoms with van der Waals surface area (Å²) in [6.07, 6.45) is 3.79. The second kappa shape index (κ2) is 6.02. The fourth-order valence-electron chi connectivity index (χ4n) is 2.59. The van der Waals surface area contributed by atoms with E-state index in [1.807, 2.05) is 6.92 Å². The molecule has 0 saturated carbocycles. The summed E-state index contributed by atoms with van der Waals surface area (Å²) in [6.45, 7) is 3.96. The number of piperidine rings is 1. The van der Waals surface area contributed by atoms with Crippen LogP contribution in [0.3, 0.4) is 0 Å². The third-order valence-electron chi connectivity index (χ3n) is 3.87. The van der Waals surface area contributed by atoms with Crippen LogP contribution in [0.1, 0.15) is 24.8 Å². The maximum absolute atomic E-state index is 10.7. The Hall–Kier alpha value is -1.62. The van der Waals surface area contributed by atoms with Crippen LogP contribution >= 0.6 is 0 Å². The molecule has 1 aliphatic rings. The van der Waals surface area contributed by atoms with Gasteiger partial charge in [0.15, 0.2) is 0 Å². The summed E-state index contributed by atoms with van der Waals surface area (Å²) >= 11 is 0. The highest BCUT2D eigenvalue weighted by atomic mass is 16.6. The summed E-state index contributed by atoms with van der Waals surface area (Å²) in [5.74, 6) is 0. The van der Waals surface area contributed by atoms with E-state index in [4.69, 9.17) is 0 Å². The molecule has 0 aromatic heterocycles. The van der Waals surface area contributed by atoms with E-state index in [9.17, 15) is 10.1 Å². The Labute approximate surface area is 113 Å². The summed E-state index contributed by atoms with van der Waals surface area (Å²) in [6, 6.07) is 5.53. The molecule has 1 saturated heterocycles. The number of likely N-dealkylation sites (tertiary alicyclic amines) is 1. The van der Waals surface area contributed by atoms with Crippen molar-refractivity contribution in [2.24, 2.45) is 0 Å². The summed E-state index contributed by atoms with van der Waals surface area (Å²) in [5.41, 5.74) is 2.06. The molecule has 1 aromatic rings. The quantitative estimate of drug-likeness (QED) is 0.670. The third kappa shape index (κ3) is 3.44. The van der Waals surface area contributed by atoms with E-state index in [-0.39, 0.29) is 10.6 Å².